The van der Waals surface area contributed by atoms with Gasteiger partial charge in [-0.1, -0.05) is 11.6 Å². The van der Waals surface area contributed by atoms with Crippen molar-refractivity contribution in [2.75, 3.05) is 0 Å². The van der Waals surface area contributed by atoms with Crippen LogP contribution in [0.2, 0.25) is 5.02 Å². The number of nitro benzene ring substituents is 1. The van der Waals surface area contributed by atoms with Gasteiger partial charge in [-0.2, -0.15) is 13.2 Å². The summed E-state index contributed by atoms with van der Waals surface area (Å²) in [5.74, 6) is 0. The molecule has 0 amide bonds. The third-order valence-corrected chi connectivity index (χ3v) is 2.94. The molecule has 8 heteroatoms. The van der Waals surface area contributed by atoms with Crippen LogP contribution < -0.4 is 0 Å². The van der Waals surface area contributed by atoms with Crippen molar-refractivity contribution in [2.24, 2.45) is 0 Å². The summed E-state index contributed by atoms with van der Waals surface area (Å²) in [6, 6.07) is 2.20. The second-order valence-electron chi connectivity index (χ2n) is 2.82. The predicted octanol–water partition coefficient (Wildman–Crippen LogP) is 4.17. The molecule has 0 bridgehead atoms. The topological polar surface area (TPSA) is 43.1 Å². The summed E-state index contributed by atoms with van der Waals surface area (Å²) in [6.07, 6.45) is 0. The van der Waals surface area contributed by atoms with Crippen molar-refractivity contribution in [3.63, 3.8) is 0 Å². The zero-order chi connectivity index (χ0) is 12.5. The first-order valence-corrected chi connectivity index (χ1v) is 5.11. The minimum atomic E-state index is -4.48. The Kier molecular flexibility index (Phi) is 3.69. The van der Waals surface area contributed by atoms with Crippen LogP contribution in [0.3, 0.4) is 0 Å². The van der Waals surface area contributed by atoms with Gasteiger partial charge < -0.3 is 0 Å². The number of nitrogens with zero attached hydrogens (tertiary/aromatic N) is 1. The van der Waals surface area contributed by atoms with E-state index >= 15 is 0 Å². The molecule has 0 unspecified atom stereocenters. The van der Waals surface area contributed by atoms with Crippen molar-refractivity contribution in [2.45, 2.75) is 17.3 Å². The molecule has 0 N–H and O–H groups in total. The zero-order valence-electron chi connectivity index (χ0n) is 7.84. The van der Waals surface area contributed by atoms with E-state index in [1.54, 1.807) is 0 Å². The summed E-state index contributed by atoms with van der Waals surface area (Å²) in [5.41, 5.74) is -5.05. The Morgan fingerprint density at radius 2 is 2.00 bits per heavy atom. The SMILES string of the molecule is Cc1c(SC(F)(F)F)ccc(Cl)c1[N+](=O)[O-]. The van der Waals surface area contributed by atoms with Gasteiger partial charge in [0.05, 0.1) is 4.92 Å². The molecule has 88 valence electrons. The van der Waals surface area contributed by atoms with Gasteiger partial charge in [0.2, 0.25) is 0 Å². The van der Waals surface area contributed by atoms with Crippen molar-refractivity contribution >= 4 is 29.1 Å². The zero-order valence-corrected chi connectivity index (χ0v) is 9.41. The molecule has 1 rings (SSSR count). The van der Waals surface area contributed by atoms with Gasteiger partial charge in [0, 0.05) is 10.5 Å². The molecular formula is C8H5ClF3NO2S. The number of hydrogen-bond acceptors (Lipinski definition) is 3. The molecule has 0 spiro atoms. The first kappa shape index (κ1) is 13.1. The number of nitro groups is 1. The molecular weight excluding hydrogens is 267 g/mol. The Balaban J connectivity index is 3.24. The average Bonchev–Trinajstić information content (AvgIpc) is 2.07. The minimum Gasteiger partial charge on any atom is -0.258 e. The minimum absolute atomic E-state index is 0.0835. The van der Waals surface area contributed by atoms with Gasteiger partial charge >= 0.3 is 5.51 Å². The summed E-state index contributed by atoms with van der Waals surface area (Å²) in [5, 5.41) is 10.4. The first-order chi connectivity index (χ1) is 7.22. The summed E-state index contributed by atoms with van der Waals surface area (Å²) in [7, 11) is 0. The van der Waals surface area contributed by atoms with Gasteiger partial charge in [-0.05, 0) is 30.8 Å². The molecule has 0 saturated heterocycles. The van der Waals surface area contributed by atoms with E-state index < -0.39 is 27.9 Å². The average molecular weight is 272 g/mol. The molecule has 0 atom stereocenters. The van der Waals surface area contributed by atoms with Crippen LogP contribution >= 0.6 is 23.4 Å². The lowest BCUT2D eigenvalue weighted by Gasteiger charge is -2.09. The molecule has 0 aliphatic rings. The van der Waals surface area contributed by atoms with Crippen molar-refractivity contribution in [3.8, 4) is 0 Å². The fourth-order valence-electron chi connectivity index (χ4n) is 1.11. The second kappa shape index (κ2) is 4.50. The van der Waals surface area contributed by atoms with E-state index in [0.717, 1.165) is 12.1 Å². The summed E-state index contributed by atoms with van der Waals surface area (Å²) in [6.45, 7) is 1.23. The molecule has 0 aliphatic heterocycles. The number of hydrogen-bond donors (Lipinski definition) is 0. The summed E-state index contributed by atoms with van der Waals surface area (Å²) < 4.78 is 36.3. The van der Waals surface area contributed by atoms with E-state index in [1.807, 2.05) is 0 Å². The van der Waals surface area contributed by atoms with Crippen LogP contribution in [0.1, 0.15) is 5.56 Å². The van der Waals surface area contributed by atoms with Crippen LogP contribution in [0.15, 0.2) is 17.0 Å². The summed E-state index contributed by atoms with van der Waals surface area (Å²) in [4.78, 5) is 9.58. The van der Waals surface area contributed by atoms with Crippen LogP contribution in [0.4, 0.5) is 18.9 Å². The molecule has 1 aromatic carbocycles. The number of rotatable bonds is 2. The number of benzene rings is 1. The summed E-state index contributed by atoms with van der Waals surface area (Å²) >= 11 is 5.14. The Hall–Kier alpha value is -0.950. The Morgan fingerprint density at radius 1 is 1.44 bits per heavy atom. The molecule has 1 aromatic rings. The molecule has 0 radical (unpaired) electrons. The predicted molar refractivity (Wildman–Crippen MR) is 54.8 cm³/mol. The fraction of sp³-hybridized carbons (Fsp3) is 0.250. The van der Waals surface area contributed by atoms with Gasteiger partial charge in [0.1, 0.15) is 5.02 Å². The van der Waals surface area contributed by atoms with Crippen LogP contribution in [0.25, 0.3) is 0 Å². The monoisotopic (exact) mass is 271 g/mol. The molecule has 0 aromatic heterocycles. The highest BCUT2D eigenvalue weighted by Gasteiger charge is 2.32. The largest absolute Gasteiger partial charge is 0.446 e. The van der Waals surface area contributed by atoms with Crippen LogP contribution in [-0.2, 0) is 0 Å². The van der Waals surface area contributed by atoms with Gasteiger partial charge in [0.15, 0.2) is 0 Å². The Labute approximate surface area is 97.7 Å². The van der Waals surface area contributed by atoms with Crippen LogP contribution in [-0.4, -0.2) is 10.4 Å². The van der Waals surface area contributed by atoms with E-state index in [9.17, 15) is 23.3 Å². The van der Waals surface area contributed by atoms with Crippen molar-refractivity contribution < 1.29 is 18.1 Å². The van der Waals surface area contributed by atoms with E-state index in [1.165, 1.54) is 6.92 Å². The molecule has 0 saturated carbocycles. The first-order valence-electron chi connectivity index (χ1n) is 3.91. The molecule has 0 fully saturated rings. The van der Waals surface area contributed by atoms with Gasteiger partial charge in [-0.25, -0.2) is 0 Å². The highest BCUT2D eigenvalue weighted by molar-refractivity contribution is 8.00. The van der Waals surface area contributed by atoms with Crippen LogP contribution in [0, 0.1) is 17.0 Å². The smallest absolute Gasteiger partial charge is 0.258 e. The highest BCUT2D eigenvalue weighted by atomic mass is 35.5. The Morgan fingerprint density at radius 3 is 2.44 bits per heavy atom. The maximum atomic E-state index is 12.1. The lowest BCUT2D eigenvalue weighted by Crippen LogP contribution is -2.01. The maximum absolute atomic E-state index is 12.1. The van der Waals surface area contributed by atoms with E-state index in [4.69, 9.17) is 11.6 Å². The number of thioether (sulfide) groups is 1. The quantitative estimate of drug-likeness (QED) is 0.461. The fourth-order valence-corrected chi connectivity index (χ4v) is 2.02. The third-order valence-electron chi connectivity index (χ3n) is 1.74. The normalized spacial score (nSPS) is 11.6. The van der Waals surface area contributed by atoms with E-state index in [0.29, 0.717) is 0 Å². The van der Waals surface area contributed by atoms with Crippen molar-refractivity contribution in [3.05, 3.63) is 32.8 Å². The lowest BCUT2D eigenvalue weighted by molar-refractivity contribution is -0.385. The molecule has 16 heavy (non-hydrogen) atoms. The molecule has 0 heterocycles. The highest BCUT2D eigenvalue weighted by Crippen LogP contribution is 2.42. The second-order valence-corrected chi connectivity index (χ2v) is 4.34. The molecule has 3 nitrogen and oxygen atoms in total. The standard InChI is InChI=1S/C8H5ClF3NO2S/c1-4-6(16-8(10,11)12)3-2-5(9)7(4)13(14)15/h2-3H,1H3. The van der Waals surface area contributed by atoms with Gasteiger partial charge in [0.25, 0.3) is 5.69 Å². The van der Waals surface area contributed by atoms with Crippen molar-refractivity contribution in [1.29, 1.82) is 0 Å². The van der Waals surface area contributed by atoms with Crippen LogP contribution in [0.5, 0.6) is 0 Å². The van der Waals surface area contributed by atoms with Gasteiger partial charge in [-0.3, -0.25) is 10.1 Å². The number of alkyl halides is 3. The molecule has 0 aliphatic carbocycles. The Bertz CT molecular complexity index is 436. The van der Waals surface area contributed by atoms with Crippen molar-refractivity contribution in [1.82, 2.24) is 0 Å². The number of halogens is 4. The third kappa shape index (κ3) is 3.02. The van der Waals surface area contributed by atoms with Gasteiger partial charge in [-0.15, -0.1) is 0 Å². The van der Waals surface area contributed by atoms with E-state index in [2.05, 4.69) is 0 Å². The van der Waals surface area contributed by atoms with E-state index in [-0.39, 0.29) is 15.5 Å². The lowest BCUT2D eigenvalue weighted by atomic mass is 10.2. The maximum Gasteiger partial charge on any atom is 0.446 e.